The van der Waals surface area contributed by atoms with Crippen LogP contribution in [0.1, 0.15) is 36.7 Å². The predicted octanol–water partition coefficient (Wildman–Crippen LogP) is 1.96. The Morgan fingerprint density at radius 1 is 1.12 bits per heavy atom. The summed E-state index contributed by atoms with van der Waals surface area (Å²) < 4.78 is 4.01. The third kappa shape index (κ3) is 2.78. The Morgan fingerprint density at radius 2 is 1.80 bits per heavy atom. The molecule has 0 saturated heterocycles. The number of fused-ring (bicyclic) bond motifs is 1. The molecule has 0 aliphatic carbocycles. The molecule has 8 heteroatoms. The molecule has 0 aliphatic rings. The van der Waals surface area contributed by atoms with Crippen molar-refractivity contribution in [3.05, 3.63) is 55.2 Å². The van der Waals surface area contributed by atoms with Gasteiger partial charge in [0.05, 0.1) is 6.54 Å². The average molecular weight is 362 g/mol. The third-order valence-corrected chi connectivity index (χ3v) is 4.73. The van der Waals surface area contributed by atoms with E-state index < -0.39 is 11.2 Å². The van der Waals surface area contributed by atoms with Crippen LogP contribution < -0.4 is 11.2 Å². The first-order chi connectivity index (χ1) is 11.7. The minimum absolute atomic E-state index is 0.167. The monoisotopic (exact) mass is 361 g/mol. The van der Waals surface area contributed by atoms with E-state index in [4.69, 9.17) is 11.6 Å². The summed E-state index contributed by atoms with van der Waals surface area (Å²) in [6.07, 6.45) is 0. The van der Waals surface area contributed by atoms with Gasteiger partial charge in [0.25, 0.3) is 5.56 Å². The van der Waals surface area contributed by atoms with Crippen LogP contribution in [0.2, 0.25) is 5.28 Å². The lowest BCUT2D eigenvalue weighted by molar-refractivity contribution is 0.701. The van der Waals surface area contributed by atoms with Gasteiger partial charge in [0, 0.05) is 25.5 Å². The van der Waals surface area contributed by atoms with Gasteiger partial charge in [0.1, 0.15) is 0 Å². The molecule has 0 spiro atoms. The highest BCUT2D eigenvalue weighted by Gasteiger charge is 2.19. The Balaban J connectivity index is 2.19. The number of pyridine rings is 1. The standard InChI is InChI=1S/C17H20ClN5O2/c1-9(2)12-7-6-11(10(3)19-12)8-23-13-14(20-16(23)18)21(4)17(25)22(5)15(13)24/h6-7,9H,8H2,1-5H3. The van der Waals surface area contributed by atoms with E-state index in [9.17, 15) is 9.59 Å². The molecule has 0 amide bonds. The lowest BCUT2D eigenvalue weighted by Gasteiger charge is -2.12. The van der Waals surface area contributed by atoms with Crippen molar-refractivity contribution in [1.29, 1.82) is 0 Å². The lowest BCUT2D eigenvalue weighted by Crippen LogP contribution is -2.37. The van der Waals surface area contributed by atoms with E-state index in [1.54, 1.807) is 11.6 Å². The van der Waals surface area contributed by atoms with Gasteiger partial charge in [-0.25, -0.2) is 4.79 Å². The predicted molar refractivity (Wildman–Crippen MR) is 97.4 cm³/mol. The summed E-state index contributed by atoms with van der Waals surface area (Å²) in [5.41, 5.74) is 2.58. The van der Waals surface area contributed by atoms with Gasteiger partial charge >= 0.3 is 5.69 Å². The van der Waals surface area contributed by atoms with Gasteiger partial charge in [-0.1, -0.05) is 19.9 Å². The number of hydrogen-bond donors (Lipinski definition) is 0. The Kier molecular flexibility index (Phi) is 4.28. The Bertz CT molecular complexity index is 1090. The van der Waals surface area contributed by atoms with Crippen LogP contribution in [0.4, 0.5) is 0 Å². The maximum absolute atomic E-state index is 12.6. The highest BCUT2D eigenvalue weighted by atomic mass is 35.5. The van der Waals surface area contributed by atoms with Gasteiger partial charge in [0.2, 0.25) is 5.28 Å². The summed E-state index contributed by atoms with van der Waals surface area (Å²) in [6, 6.07) is 3.97. The van der Waals surface area contributed by atoms with Gasteiger partial charge in [0.15, 0.2) is 11.2 Å². The van der Waals surface area contributed by atoms with E-state index in [0.717, 1.165) is 21.5 Å². The number of rotatable bonds is 3. The number of imidazole rings is 1. The van der Waals surface area contributed by atoms with Crippen molar-refractivity contribution in [2.75, 3.05) is 0 Å². The van der Waals surface area contributed by atoms with Crippen LogP contribution in [0.25, 0.3) is 11.2 Å². The summed E-state index contributed by atoms with van der Waals surface area (Å²) in [7, 11) is 3.02. The second-order valence-electron chi connectivity index (χ2n) is 6.48. The maximum atomic E-state index is 12.6. The van der Waals surface area contributed by atoms with E-state index >= 15 is 0 Å². The molecule has 0 atom stereocenters. The van der Waals surface area contributed by atoms with E-state index in [1.165, 1.54) is 11.6 Å². The number of hydrogen-bond acceptors (Lipinski definition) is 4. The molecule has 0 unspecified atom stereocenters. The fourth-order valence-electron chi connectivity index (χ4n) is 2.83. The second-order valence-corrected chi connectivity index (χ2v) is 6.82. The maximum Gasteiger partial charge on any atom is 0.332 e. The highest BCUT2D eigenvalue weighted by Crippen LogP contribution is 2.20. The van der Waals surface area contributed by atoms with E-state index in [1.807, 2.05) is 19.1 Å². The molecular formula is C17H20ClN5O2. The van der Waals surface area contributed by atoms with E-state index in [-0.39, 0.29) is 10.9 Å². The van der Waals surface area contributed by atoms with Crippen LogP contribution in [0.5, 0.6) is 0 Å². The zero-order valence-electron chi connectivity index (χ0n) is 14.9. The van der Waals surface area contributed by atoms with Gasteiger partial charge in [-0.15, -0.1) is 0 Å². The fraction of sp³-hybridized carbons (Fsp3) is 0.412. The van der Waals surface area contributed by atoms with Crippen molar-refractivity contribution < 1.29 is 0 Å². The molecule has 0 saturated carbocycles. The lowest BCUT2D eigenvalue weighted by atomic mass is 10.1. The van der Waals surface area contributed by atoms with Crippen molar-refractivity contribution in [3.63, 3.8) is 0 Å². The van der Waals surface area contributed by atoms with Crippen LogP contribution in [-0.4, -0.2) is 23.7 Å². The number of aryl methyl sites for hydroxylation is 2. The molecule has 3 rings (SSSR count). The molecule has 0 fully saturated rings. The molecule has 3 aromatic rings. The van der Waals surface area contributed by atoms with Crippen LogP contribution in [0.3, 0.4) is 0 Å². The normalized spacial score (nSPS) is 11.6. The summed E-state index contributed by atoms with van der Waals surface area (Å²) in [4.78, 5) is 33.5. The minimum Gasteiger partial charge on any atom is -0.304 e. The first-order valence-corrected chi connectivity index (χ1v) is 8.38. The molecule has 25 heavy (non-hydrogen) atoms. The van der Waals surface area contributed by atoms with E-state index in [0.29, 0.717) is 18.0 Å². The Labute approximate surface area is 149 Å². The topological polar surface area (TPSA) is 74.7 Å². The van der Waals surface area contributed by atoms with Crippen LogP contribution in [0, 0.1) is 6.92 Å². The molecular weight excluding hydrogens is 342 g/mol. The molecule has 0 bridgehead atoms. The van der Waals surface area contributed by atoms with Gasteiger partial charge in [-0.05, 0) is 36.1 Å². The summed E-state index contributed by atoms with van der Waals surface area (Å²) in [5.74, 6) is 0.340. The number of aromatic nitrogens is 5. The molecule has 0 aromatic carbocycles. The SMILES string of the molecule is Cc1nc(C(C)C)ccc1Cn1c(Cl)nc2c1c(=O)n(C)c(=O)n2C. The highest BCUT2D eigenvalue weighted by molar-refractivity contribution is 6.29. The number of nitrogens with zero attached hydrogens (tertiary/aromatic N) is 5. The minimum atomic E-state index is -0.432. The zero-order chi connectivity index (χ0) is 18.5. The second kappa shape index (κ2) is 6.15. The quantitative estimate of drug-likeness (QED) is 0.668. The van der Waals surface area contributed by atoms with Crippen molar-refractivity contribution >= 4 is 22.8 Å². The third-order valence-electron chi connectivity index (χ3n) is 4.44. The number of halogens is 1. The van der Waals surface area contributed by atoms with Crippen LogP contribution in [0.15, 0.2) is 21.7 Å². The zero-order valence-corrected chi connectivity index (χ0v) is 15.6. The Hall–Kier alpha value is -2.41. The molecule has 0 N–H and O–H groups in total. The van der Waals surface area contributed by atoms with Crippen LogP contribution >= 0.6 is 11.6 Å². The van der Waals surface area contributed by atoms with Gasteiger partial charge in [-0.2, -0.15) is 4.98 Å². The molecule has 7 nitrogen and oxygen atoms in total. The van der Waals surface area contributed by atoms with Crippen molar-refractivity contribution in [1.82, 2.24) is 23.7 Å². The molecule has 0 aliphatic heterocycles. The van der Waals surface area contributed by atoms with Crippen LogP contribution in [-0.2, 0) is 20.6 Å². The summed E-state index contributed by atoms with van der Waals surface area (Å²) in [6.45, 7) is 6.47. The fourth-order valence-corrected chi connectivity index (χ4v) is 3.06. The summed E-state index contributed by atoms with van der Waals surface area (Å²) in [5, 5.41) is 0.167. The van der Waals surface area contributed by atoms with Gasteiger partial charge in [-0.3, -0.25) is 18.9 Å². The molecule has 3 aromatic heterocycles. The first-order valence-electron chi connectivity index (χ1n) is 8.00. The molecule has 0 radical (unpaired) electrons. The van der Waals surface area contributed by atoms with Crippen molar-refractivity contribution in [2.24, 2.45) is 14.1 Å². The molecule has 132 valence electrons. The Morgan fingerprint density at radius 3 is 2.40 bits per heavy atom. The van der Waals surface area contributed by atoms with Crippen molar-refractivity contribution in [3.8, 4) is 0 Å². The smallest absolute Gasteiger partial charge is 0.304 e. The first kappa shape index (κ1) is 17.4. The molecule has 3 heterocycles. The average Bonchev–Trinajstić information content (AvgIpc) is 2.89. The van der Waals surface area contributed by atoms with Gasteiger partial charge < -0.3 is 4.57 Å². The van der Waals surface area contributed by atoms with E-state index in [2.05, 4.69) is 23.8 Å². The van der Waals surface area contributed by atoms with Crippen molar-refractivity contribution in [2.45, 2.75) is 33.2 Å². The summed E-state index contributed by atoms with van der Waals surface area (Å²) >= 11 is 6.27. The largest absolute Gasteiger partial charge is 0.332 e.